The average molecular weight is 583 g/mol. The van der Waals surface area contributed by atoms with Gasteiger partial charge in [0.05, 0.1) is 0 Å². The van der Waals surface area contributed by atoms with Gasteiger partial charge in [0, 0.05) is 0 Å². The van der Waals surface area contributed by atoms with Crippen molar-refractivity contribution >= 4 is 29.7 Å². The molecule has 0 aliphatic carbocycles. The third kappa shape index (κ3) is 6.15. The Morgan fingerprint density at radius 3 is 1.77 bits per heavy atom. The Morgan fingerprint density at radius 2 is 1.23 bits per heavy atom. The van der Waals surface area contributed by atoms with Crippen LogP contribution in [-0.2, 0) is 6.42 Å². The normalized spacial score (nSPS) is 17.5. The van der Waals surface area contributed by atoms with Crippen LogP contribution in [-0.4, -0.2) is 8.07 Å². The second-order valence-corrected chi connectivity index (χ2v) is 17.1. The van der Waals surface area contributed by atoms with Crippen LogP contribution in [0, 0.1) is 0 Å². The van der Waals surface area contributed by atoms with Crippen LogP contribution < -0.4 is 10.4 Å². The molecular weight excluding hydrogens is 533 g/mol. The van der Waals surface area contributed by atoms with Crippen LogP contribution in [0.3, 0.4) is 0 Å². The predicted octanol–water partition coefficient (Wildman–Crippen LogP) is 10.6. The zero-order valence-corrected chi connectivity index (χ0v) is 28.5. The molecule has 0 spiro atoms. The molecule has 1 aliphatic heterocycles. The van der Waals surface area contributed by atoms with Crippen LogP contribution in [0.1, 0.15) is 119 Å². The summed E-state index contributed by atoms with van der Waals surface area (Å²) in [6, 6.07) is 37.2. The van der Waals surface area contributed by atoms with Crippen LogP contribution in [0.25, 0.3) is 11.3 Å². The molecule has 1 aliphatic rings. The molecule has 0 radical (unpaired) electrons. The van der Waals surface area contributed by atoms with Crippen molar-refractivity contribution in [2.75, 3.05) is 0 Å². The van der Waals surface area contributed by atoms with E-state index >= 15 is 0 Å². The van der Waals surface area contributed by atoms with E-state index in [0.717, 1.165) is 0 Å². The van der Waals surface area contributed by atoms with Gasteiger partial charge in [-0.05, 0) is 84.7 Å². The lowest BCUT2D eigenvalue weighted by Crippen LogP contribution is -2.67. The Labute approximate surface area is 262 Å². The number of aryl methyl sites for hydroxylation is 1. The van der Waals surface area contributed by atoms with Crippen molar-refractivity contribution in [1.29, 1.82) is 0 Å². The Morgan fingerprint density at radius 1 is 0.651 bits per heavy atom. The van der Waals surface area contributed by atoms with Crippen molar-refractivity contribution in [3.05, 3.63) is 142 Å². The molecule has 1 heterocycles. The third-order valence-corrected chi connectivity index (χ3v) is 14.2. The third-order valence-electron chi connectivity index (χ3n) is 9.31. The largest absolute Gasteiger partial charge is 0.180 e. The second-order valence-electron chi connectivity index (χ2n) is 13.4. The van der Waals surface area contributed by atoms with E-state index < -0.39 is 8.07 Å². The summed E-state index contributed by atoms with van der Waals surface area (Å²) in [6.07, 6.45) is 10.0. The Bertz CT molecular complexity index is 1540. The van der Waals surface area contributed by atoms with Crippen molar-refractivity contribution in [3.8, 4) is 0 Å². The van der Waals surface area contributed by atoms with Crippen molar-refractivity contribution in [2.45, 2.75) is 91.9 Å². The van der Waals surface area contributed by atoms with Gasteiger partial charge in [-0.3, -0.25) is 0 Å². The highest BCUT2D eigenvalue weighted by Crippen LogP contribution is 2.45. The van der Waals surface area contributed by atoms with Crippen LogP contribution in [0.2, 0.25) is 0 Å². The van der Waals surface area contributed by atoms with E-state index in [4.69, 9.17) is 0 Å². The van der Waals surface area contributed by atoms with E-state index in [0.29, 0.717) is 17.8 Å². The molecule has 1 unspecified atom stereocenters. The lowest BCUT2D eigenvalue weighted by Gasteiger charge is -2.47. The van der Waals surface area contributed by atoms with E-state index in [1.54, 1.807) is 10.4 Å². The van der Waals surface area contributed by atoms with Gasteiger partial charge in [0.15, 0.2) is 8.07 Å². The SMILES string of the molecule is CCCCCc1ccc(C2=C/C(=C/c3ccccc3)[Si]2(c2ccccc2)c2c(C(C)C)cc(C(C)C)cc2C(C)C)cc1. The minimum absolute atomic E-state index is 0.431. The van der Waals surface area contributed by atoms with Gasteiger partial charge in [-0.25, -0.2) is 0 Å². The number of unbranched alkanes of at least 4 members (excludes halogenated alkanes) is 2. The van der Waals surface area contributed by atoms with Gasteiger partial charge in [0.1, 0.15) is 0 Å². The molecule has 0 saturated carbocycles. The highest BCUT2D eigenvalue weighted by Gasteiger charge is 2.52. The maximum atomic E-state index is 2.56. The fourth-order valence-corrected chi connectivity index (χ4v) is 12.5. The number of allylic oxidation sites excluding steroid dienone is 2. The number of benzene rings is 4. The quantitative estimate of drug-likeness (QED) is 0.122. The van der Waals surface area contributed by atoms with Crippen molar-refractivity contribution < 1.29 is 0 Å². The molecule has 0 nitrogen and oxygen atoms in total. The lowest BCUT2D eigenvalue weighted by molar-refractivity contribution is 0.717. The standard InChI is InChI=1S/C42H50Si/c1-8-9-12-17-33-22-24-35(25-23-33)41-29-38(26-34-18-13-10-14-19-34)43(41,37-20-15-11-16-21-37)42-39(31(4)5)27-36(30(2)3)28-40(42)32(6)7/h10-11,13-16,18-32H,8-9,12,17H2,1-7H3/b38-26-. The minimum atomic E-state index is -2.58. The summed E-state index contributed by atoms with van der Waals surface area (Å²) in [5.74, 6) is 1.36. The summed E-state index contributed by atoms with van der Waals surface area (Å²) in [6.45, 7) is 16.5. The molecule has 0 N–H and O–H groups in total. The Hall–Kier alpha value is -3.42. The molecule has 43 heavy (non-hydrogen) atoms. The molecule has 4 aromatic carbocycles. The van der Waals surface area contributed by atoms with Gasteiger partial charge in [-0.15, -0.1) is 0 Å². The maximum absolute atomic E-state index is 2.58. The number of hydrogen-bond acceptors (Lipinski definition) is 0. The highest BCUT2D eigenvalue weighted by atomic mass is 28.3. The first kappa shape index (κ1) is 31.0. The molecule has 4 aromatic rings. The summed E-state index contributed by atoms with van der Waals surface area (Å²) in [5, 5.41) is 6.16. The molecule has 222 valence electrons. The first-order valence-corrected chi connectivity index (χ1v) is 18.6. The Balaban J connectivity index is 1.84. The second kappa shape index (κ2) is 13.5. The Kier molecular flexibility index (Phi) is 9.72. The van der Waals surface area contributed by atoms with Gasteiger partial charge in [-0.1, -0.05) is 171 Å². The zero-order chi connectivity index (χ0) is 30.6. The van der Waals surface area contributed by atoms with Crippen molar-refractivity contribution in [1.82, 2.24) is 0 Å². The molecule has 0 bridgehead atoms. The molecule has 0 aromatic heterocycles. The number of hydrogen-bond donors (Lipinski definition) is 0. The van der Waals surface area contributed by atoms with Gasteiger partial charge in [0.25, 0.3) is 0 Å². The van der Waals surface area contributed by atoms with Gasteiger partial charge < -0.3 is 0 Å². The van der Waals surface area contributed by atoms with E-state index in [1.165, 1.54) is 69.4 Å². The monoisotopic (exact) mass is 582 g/mol. The van der Waals surface area contributed by atoms with Crippen LogP contribution in [0.15, 0.2) is 108 Å². The van der Waals surface area contributed by atoms with Gasteiger partial charge in [0.2, 0.25) is 0 Å². The highest BCUT2D eigenvalue weighted by molar-refractivity contribution is 7.23. The summed E-state index contributed by atoms with van der Waals surface area (Å²) in [5.41, 5.74) is 8.65. The van der Waals surface area contributed by atoms with Gasteiger partial charge in [-0.2, -0.15) is 0 Å². The fraction of sp³-hybridized carbons (Fsp3) is 0.333. The van der Waals surface area contributed by atoms with Gasteiger partial charge >= 0.3 is 0 Å². The minimum Gasteiger partial charge on any atom is -0.0654 e. The van der Waals surface area contributed by atoms with E-state index in [-0.39, 0.29) is 0 Å². The summed E-state index contributed by atoms with van der Waals surface area (Å²) < 4.78 is 0. The molecule has 0 saturated heterocycles. The number of rotatable bonds is 11. The molecule has 0 fully saturated rings. The van der Waals surface area contributed by atoms with Crippen LogP contribution in [0.5, 0.6) is 0 Å². The molecule has 1 heteroatoms. The maximum Gasteiger partial charge on any atom is 0.180 e. The summed E-state index contributed by atoms with van der Waals surface area (Å²) >= 11 is 0. The predicted molar refractivity (Wildman–Crippen MR) is 192 cm³/mol. The lowest BCUT2D eigenvalue weighted by atomic mass is 9.89. The first-order valence-electron chi connectivity index (χ1n) is 16.6. The molecular formula is C42H50Si. The van der Waals surface area contributed by atoms with Crippen molar-refractivity contribution in [3.63, 3.8) is 0 Å². The van der Waals surface area contributed by atoms with Crippen LogP contribution in [0.4, 0.5) is 0 Å². The van der Waals surface area contributed by atoms with Crippen molar-refractivity contribution in [2.24, 2.45) is 0 Å². The first-order chi connectivity index (χ1) is 20.8. The zero-order valence-electron chi connectivity index (χ0n) is 27.5. The average Bonchev–Trinajstić information content (AvgIpc) is 3.00. The van der Waals surface area contributed by atoms with Crippen LogP contribution >= 0.6 is 0 Å². The molecule has 1 atom stereocenters. The molecule has 0 amide bonds. The fourth-order valence-electron chi connectivity index (χ4n) is 6.88. The summed E-state index contributed by atoms with van der Waals surface area (Å²) in [4.78, 5) is 0. The van der Waals surface area contributed by atoms with E-state index in [1.807, 2.05) is 0 Å². The summed E-state index contributed by atoms with van der Waals surface area (Å²) in [7, 11) is -2.58. The van der Waals surface area contributed by atoms with E-state index in [2.05, 4.69) is 158 Å². The van der Waals surface area contributed by atoms with E-state index in [9.17, 15) is 0 Å². The topological polar surface area (TPSA) is 0 Å². The smallest absolute Gasteiger partial charge is 0.0654 e. The molecule has 5 rings (SSSR count).